The van der Waals surface area contributed by atoms with E-state index in [-0.39, 0.29) is 14.3 Å². The predicted octanol–water partition coefficient (Wildman–Crippen LogP) is 3.66. The molecule has 4 heteroatoms. The number of rotatable bonds is 3. The van der Waals surface area contributed by atoms with Crippen LogP contribution in [-0.4, -0.2) is 25.6 Å². The summed E-state index contributed by atoms with van der Waals surface area (Å²) < 4.78 is 0. The fourth-order valence-corrected chi connectivity index (χ4v) is 20.3. The molecule has 5 rings (SSSR count). The van der Waals surface area contributed by atoms with Gasteiger partial charge in [-0.25, -0.2) is 7.02 Å². The molecule has 1 atom stereocenters. The molecule has 3 aromatic carbocycles. The van der Waals surface area contributed by atoms with Gasteiger partial charge < -0.3 is 0 Å². The summed E-state index contributed by atoms with van der Waals surface area (Å²) in [5.74, 6) is 0. The number of hydrogen-bond donors (Lipinski definition) is 0. The molecule has 144 valence electrons. The molecule has 28 heavy (non-hydrogen) atoms. The van der Waals surface area contributed by atoms with Gasteiger partial charge in [-0.15, -0.1) is 0 Å². The molecule has 0 saturated heterocycles. The zero-order chi connectivity index (χ0) is 19.7. The third-order valence-corrected chi connectivity index (χ3v) is 19.8. The van der Waals surface area contributed by atoms with E-state index in [4.69, 9.17) is 0 Å². The molecule has 3 aromatic rings. The van der Waals surface area contributed by atoms with Crippen molar-refractivity contribution in [1.29, 1.82) is 0 Å². The fraction of sp³-hybridized carbons (Fsp3) is 0.333. The van der Waals surface area contributed by atoms with Crippen LogP contribution in [0.5, 0.6) is 0 Å². The van der Waals surface area contributed by atoms with Crippen molar-refractivity contribution in [3.8, 4) is 0 Å². The number of benzene rings is 3. The Morgan fingerprint density at radius 3 is 1.89 bits per heavy atom. The molecule has 0 radical (unpaired) electrons. The molecule has 0 nitrogen and oxygen atoms in total. The highest BCUT2D eigenvalue weighted by Gasteiger charge is 2.53. The molecule has 1 aliphatic carbocycles. The van der Waals surface area contributed by atoms with Crippen molar-refractivity contribution in [3.05, 3.63) is 65.7 Å². The number of hydrogen-bond acceptors (Lipinski definition) is 0. The van der Waals surface area contributed by atoms with Crippen LogP contribution in [0.1, 0.15) is 38.8 Å². The average Bonchev–Trinajstić information content (AvgIpc) is 3.12. The Balaban J connectivity index is 1.95. The van der Waals surface area contributed by atoms with E-state index in [0.29, 0.717) is 0 Å². The molecule has 0 spiro atoms. The van der Waals surface area contributed by atoms with Crippen LogP contribution in [0.25, 0.3) is 10.8 Å². The highest BCUT2D eigenvalue weighted by molar-refractivity contribution is 8.44. The van der Waals surface area contributed by atoms with Crippen LogP contribution in [0.4, 0.5) is 0 Å². The first-order valence-corrected chi connectivity index (χ1v) is 14.7. The van der Waals surface area contributed by atoms with Crippen molar-refractivity contribution in [2.75, 3.05) is 0 Å². The SMILES string of the molecule is [BH3-][P+]1(c2ccccc2)[BH2-][P+](C(C)C)(C(C)C)c2ccc3c4c(ccc1c24)CC3. The Bertz CT molecular complexity index is 1060. The van der Waals surface area contributed by atoms with Crippen LogP contribution < -0.4 is 15.9 Å². The zero-order valence-electron chi connectivity index (χ0n) is 17.2. The number of aryl methyl sites for hydroxylation is 2. The summed E-state index contributed by atoms with van der Waals surface area (Å²) in [6.07, 6.45) is 2.52. The molecule has 0 bridgehead atoms. The summed E-state index contributed by atoms with van der Waals surface area (Å²) in [6.45, 7) is 10.3. The van der Waals surface area contributed by atoms with Gasteiger partial charge in [0.2, 0.25) is 0 Å². The third kappa shape index (κ3) is 2.35. The normalized spacial score (nSPS) is 22.4. The molecular weight excluding hydrogens is 372 g/mol. The average molecular weight is 404 g/mol. The van der Waals surface area contributed by atoms with Crippen molar-refractivity contribution in [2.24, 2.45) is 0 Å². The van der Waals surface area contributed by atoms with Crippen molar-refractivity contribution in [1.82, 2.24) is 0 Å². The fourth-order valence-electron chi connectivity index (χ4n) is 6.04. The second-order valence-electron chi connectivity index (χ2n) is 9.17. The monoisotopic (exact) mass is 404 g/mol. The largest absolute Gasteiger partial charge is 0.268 e. The maximum Gasteiger partial charge on any atom is 0.268 e. The van der Waals surface area contributed by atoms with E-state index in [1.165, 1.54) is 12.8 Å². The van der Waals surface area contributed by atoms with E-state index < -0.39 is 14.2 Å². The van der Waals surface area contributed by atoms with Gasteiger partial charge >= 0.3 is 0 Å². The summed E-state index contributed by atoms with van der Waals surface area (Å²) in [6, 6.07) is 22.2. The van der Waals surface area contributed by atoms with E-state index in [1.54, 1.807) is 27.2 Å². The lowest BCUT2D eigenvalue weighted by Crippen LogP contribution is -2.43. The summed E-state index contributed by atoms with van der Waals surface area (Å²) in [5, 5.41) is 8.96. The van der Waals surface area contributed by atoms with Gasteiger partial charge in [-0.3, -0.25) is 0 Å². The molecule has 0 N–H and O–H groups in total. The van der Waals surface area contributed by atoms with Gasteiger partial charge in [-0.05, 0) is 81.3 Å². The highest BCUT2D eigenvalue weighted by atomic mass is 31.2. The quantitative estimate of drug-likeness (QED) is 0.462. The van der Waals surface area contributed by atoms with Crippen LogP contribution in [-0.2, 0) is 12.8 Å². The second-order valence-corrected chi connectivity index (χ2v) is 17.7. The molecule has 1 heterocycles. The summed E-state index contributed by atoms with van der Waals surface area (Å²) in [7, 11) is -1.91. The van der Waals surface area contributed by atoms with E-state index in [9.17, 15) is 0 Å². The Kier molecular flexibility index (Phi) is 4.36. The van der Waals surface area contributed by atoms with E-state index >= 15 is 0 Å². The molecule has 0 aromatic heterocycles. The van der Waals surface area contributed by atoms with Crippen molar-refractivity contribution in [3.63, 3.8) is 0 Å². The molecule has 0 amide bonds. The first-order chi connectivity index (χ1) is 13.4. The molecular formula is C24H32B2P2. The second kappa shape index (κ2) is 6.45. The van der Waals surface area contributed by atoms with E-state index in [0.717, 1.165) is 11.3 Å². The zero-order valence-corrected chi connectivity index (χ0v) is 18.9. The Morgan fingerprint density at radius 1 is 0.750 bits per heavy atom. The molecule has 0 saturated carbocycles. The third-order valence-electron chi connectivity index (χ3n) is 7.65. The van der Waals surface area contributed by atoms with Crippen LogP contribution in [0.3, 0.4) is 0 Å². The Hall–Kier alpha value is -1.09. The minimum Gasteiger partial charge on any atom is -0.221 e. The summed E-state index contributed by atoms with van der Waals surface area (Å²) in [4.78, 5) is 0. The van der Waals surface area contributed by atoms with Crippen LogP contribution >= 0.6 is 14.2 Å². The smallest absolute Gasteiger partial charge is 0.221 e. The van der Waals surface area contributed by atoms with Crippen molar-refractivity contribution >= 4 is 55.1 Å². The topological polar surface area (TPSA) is 0 Å². The van der Waals surface area contributed by atoms with Gasteiger partial charge in [-0.1, -0.05) is 37.5 Å². The minimum absolute atomic E-state index is 0.0126. The first kappa shape index (κ1) is 18.9. The standard InChI is InChI=1S/C24H32B2P2/c1-16(2)27(17(3)4)21-14-12-18-10-11-19-13-15-22(24(21)23(18)19)28(25,26-27)20-8-6-5-7-9-20/h5-9,12-17H,10-11,26H2,1-4,25H3. The molecule has 1 unspecified atom stereocenters. The summed E-state index contributed by atoms with van der Waals surface area (Å²) >= 11 is 0. The van der Waals surface area contributed by atoms with Gasteiger partial charge in [0, 0.05) is 21.9 Å². The van der Waals surface area contributed by atoms with Gasteiger partial charge in [0.05, 0.1) is 18.3 Å². The first-order valence-electron chi connectivity index (χ1n) is 10.6. The van der Waals surface area contributed by atoms with Gasteiger partial charge in [0.1, 0.15) is 0 Å². The lowest BCUT2D eigenvalue weighted by molar-refractivity contribution is 1.01. The van der Waals surface area contributed by atoms with Crippen LogP contribution in [0.15, 0.2) is 54.6 Å². The summed E-state index contributed by atoms with van der Waals surface area (Å²) in [5.41, 5.74) is 4.95. The van der Waals surface area contributed by atoms with Crippen molar-refractivity contribution < 1.29 is 0 Å². The lowest BCUT2D eigenvalue weighted by Gasteiger charge is -2.51. The Labute approximate surface area is 172 Å². The van der Waals surface area contributed by atoms with Crippen LogP contribution in [0, 0.1) is 0 Å². The van der Waals surface area contributed by atoms with Crippen molar-refractivity contribution in [2.45, 2.75) is 51.9 Å². The van der Waals surface area contributed by atoms with Crippen LogP contribution in [0.2, 0.25) is 0 Å². The molecule has 2 aliphatic rings. The Morgan fingerprint density at radius 2 is 1.32 bits per heavy atom. The molecule has 0 fully saturated rings. The molecule has 1 aliphatic heterocycles. The highest BCUT2D eigenvalue weighted by Crippen LogP contribution is 2.76. The lowest BCUT2D eigenvalue weighted by atomic mass is 10.0. The van der Waals surface area contributed by atoms with Gasteiger partial charge in [0.15, 0.2) is 0 Å². The maximum absolute atomic E-state index is 2.63. The van der Waals surface area contributed by atoms with E-state index in [1.807, 2.05) is 10.6 Å². The van der Waals surface area contributed by atoms with Gasteiger partial charge in [-0.2, -0.15) is 0 Å². The maximum atomic E-state index is 2.63. The van der Waals surface area contributed by atoms with Gasteiger partial charge in [0.25, 0.3) is 6.72 Å². The van der Waals surface area contributed by atoms with E-state index in [2.05, 4.69) is 82.3 Å². The predicted molar refractivity (Wildman–Crippen MR) is 139 cm³/mol. The minimum atomic E-state index is -1.10.